The number of pyridine rings is 1. The summed E-state index contributed by atoms with van der Waals surface area (Å²) in [5.74, 6) is -0.216. The van der Waals surface area contributed by atoms with Gasteiger partial charge in [-0.15, -0.1) is 0 Å². The average molecular weight is 366 g/mol. The van der Waals surface area contributed by atoms with Gasteiger partial charge in [-0.2, -0.15) is 0 Å². The van der Waals surface area contributed by atoms with Crippen LogP contribution in [-0.4, -0.2) is 10.9 Å². The second-order valence-corrected chi connectivity index (χ2v) is 6.57. The summed E-state index contributed by atoms with van der Waals surface area (Å²) in [6, 6.07) is 17.1. The molecule has 0 aliphatic carbocycles. The fraction of sp³-hybridized carbons (Fsp3) is 0.143. The molecule has 26 heavy (non-hydrogen) atoms. The monoisotopic (exact) mass is 365 g/mol. The zero-order valence-electron chi connectivity index (χ0n) is 14.7. The topological polar surface area (TPSA) is 54.0 Å². The molecule has 3 aromatic rings. The van der Waals surface area contributed by atoms with Crippen LogP contribution in [0.1, 0.15) is 27.2 Å². The summed E-state index contributed by atoms with van der Waals surface area (Å²) in [4.78, 5) is 16.7. The average Bonchev–Trinajstić information content (AvgIpc) is 2.65. The van der Waals surface area contributed by atoms with Crippen LogP contribution in [0.3, 0.4) is 0 Å². The number of anilines is 2. The Morgan fingerprint density at radius 1 is 1.00 bits per heavy atom. The molecule has 0 spiro atoms. The van der Waals surface area contributed by atoms with Gasteiger partial charge in [-0.1, -0.05) is 41.9 Å². The first-order valence-electron chi connectivity index (χ1n) is 8.35. The van der Waals surface area contributed by atoms with Gasteiger partial charge in [0.25, 0.3) is 5.91 Å². The number of nitrogens with zero attached hydrogens (tertiary/aromatic N) is 1. The van der Waals surface area contributed by atoms with Gasteiger partial charge >= 0.3 is 0 Å². The summed E-state index contributed by atoms with van der Waals surface area (Å²) in [6.45, 7) is 4.60. The molecule has 1 amide bonds. The van der Waals surface area contributed by atoms with Gasteiger partial charge in [0, 0.05) is 17.3 Å². The van der Waals surface area contributed by atoms with E-state index >= 15 is 0 Å². The fourth-order valence-electron chi connectivity index (χ4n) is 2.63. The van der Waals surface area contributed by atoms with Crippen molar-refractivity contribution in [3.8, 4) is 0 Å². The third kappa shape index (κ3) is 4.41. The highest BCUT2D eigenvalue weighted by Crippen LogP contribution is 2.20. The first-order chi connectivity index (χ1) is 12.5. The standard InChI is InChI=1S/C21H20ClN3O/c1-14-4-3-5-15(2)20(14)25-21(26)19-11-10-18(13-24-19)23-12-16-6-8-17(22)9-7-16/h3-11,13,23H,12H2,1-2H3,(H,25,26). The number of amides is 1. The maximum atomic E-state index is 12.4. The number of halogens is 1. The highest BCUT2D eigenvalue weighted by molar-refractivity contribution is 6.30. The van der Waals surface area contributed by atoms with Crippen molar-refractivity contribution in [2.24, 2.45) is 0 Å². The molecule has 4 nitrogen and oxygen atoms in total. The zero-order valence-corrected chi connectivity index (χ0v) is 15.5. The summed E-state index contributed by atoms with van der Waals surface area (Å²) < 4.78 is 0. The highest BCUT2D eigenvalue weighted by atomic mass is 35.5. The van der Waals surface area contributed by atoms with E-state index in [-0.39, 0.29) is 5.91 Å². The minimum atomic E-state index is -0.216. The Balaban J connectivity index is 1.63. The van der Waals surface area contributed by atoms with E-state index in [4.69, 9.17) is 11.6 Å². The van der Waals surface area contributed by atoms with Crippen molar-refractivity contribution < 1.29 is 4.79 Å². The van der Waals surface area contributed by atoms with Gasteiger partial charge in [-0.05, 0) is 54.8 Å². The second kappa shape index (κ2) is 8.02. The molecular formula is C21H20ClN3O. The number of carbonyl (C=O) groups excluding carboxylic acids is 1. The summed E-state index contributed by atoms with van der Waals surface area (Å²) in [5, 5.41) is 6.94. The van der Waals surface area contributed by atoms with Crippen molar-refractivity contribution in [2.75, 3.05) is 10.6 Å². The Kier molecular flexibility index (Phi) is 5.54. The van der Waals surface area contributed by atoms with Gasteiger partial charge in [0.1, 0.15) is 5.69 Å². The first-order valence-corrected chi connectivity index (χ1v) is 8.72. The van der Waals surface area contributed by atoms with E-state index < -0.39 is 0 Å². The molecular weight excluding hydrogens is 346 g/mol. The molecule has 1 aromatic heterocycles. The van der Waals surface area contributed by atoms with E-state index in [0.29, 0.717) is 12.2 Å². The molecule has 3 rings (SSSR count). The lowest BCUT2D eigenvalue weighted by Gasteiger charge is -2.11. The molecule has 1 heterocycles. The first kappa shape index (κ1) is 18.0. The molecule has 0 atom stereocenters. The molecule has 5 heteroatoms. The van der Waals surface area contributed by atoms with Gasteiger partial charge in [0.2, 0.25) is 0 Å². The molecule has 0 saturated heterocycles. The van der Waals surface area contributed by atoms with E-state index in [1.807, 2.05) is 62.4 Å². The Hall–Kier alpha value is -2.85. The quantitative estimate of drug-likeness (QED) is 0.652. The van der Waals surface area contributed by atoms with Crippen LogP contribution in [0.25, 0.3) is 0 Å². The number of hydrogen-bond acceptors (Lipinski definition) is 3. The largest absolute Gasteiger partial charge is 0.380 e. The number of carbonyl (C=O) groups is 1. The van der Waals surface area contributed by atoms with Crippen molar-refractivity contribution in [1.82, 2.24) is 4.98 Å². The Labute approximate surface area is 158 Å². The zero-order chi connectivity index (χ0) is 18.5. The molecule has 0 aliphatic heterocycles. The Bertz CT molecular complexity index is 885. The van der Waals surface area contributed by atoms with Crippen LogP contribution in [0.4, 0.5) is 11.4 Å². The van der Waals surface area contributed by atoms with Gasteiger partial charge < -0.3 is 10.6 Å². The molecule has 0 bridgehead atoms. The maximum absolute atomic E-state index is 12.4. The number of hydrogen-bond donors (Lipinski definition) is 2. The lowest BCUT2D eigenvalue weighted by Crippen LogP contribution is -2.15. The summed E-state index contributed by atoms with van der Waals surface area (Å²) >= 11 is 5.89. The Morgan fingerprint density at radius 3 is 2.31 bits per heavy atom. The van der Waals surface area contributed by atoms with E-state index in [1.54, 1.807) is 12.3 Å². The number of benzene rings is 2. The van der Waals surface area contributed by atoms with Crippen LogP contribution < -0.4 is 10.6 Å². The predicted octanol–water partition coefficient (Wildman–Crippen LogP) is 5.22. The summed E-state index contributed by atoms with van der Waals surface area (Å²) in [5.41, 5.74) is 5.24. The van der Waals surface area contributed by atoms with Crippen LogP contribution in [0, 0.1) is 13.8 Å². The third-order valence-electron chi connectivity index (χ3n) is 4.13. The van der Waals surface area contributed by atoms with Crippen molar-refractivity contribution in [3.63, 3.8) is 0 Å². The molecule has 0 radical (unpaired) electrons. The molecule has 0 fully saturated rings. The molecule has 0 saturated carbocycles. The lowest BCUT2D eigenvalue weighted by atomic mass is 10.1. The molecule has 2 N–H and O–H groups in total. The highest BCUT2D eigenvalue weighted by Gasteiger charge is 2.10. The van der Waals surface area contributed by atoms with Gasteiger partial charge in [0.05, 0.1) is 11.9 Å². The van der Waals surface area contributed by atoms with E-state index in [1.165, 1.54) is 0 Å². The molecule has 2 aromatic carbocycles. The normalized spacial score (nSPS) is 10.4. The molecule has 0 aliphatic rings. The molecule has 0 unspecified atom stereocenters. The van der Waals surface area contributed by atoms with Crippen molar-refractivity contribution in [2.45, 2.75) is 20.4 Å². The number of nitrogens with one attached hydrogen (secondary N) is 2. The SMILES string of the molecule is Cc1cccc(C)c1NC(=O)c1ccc(NCc2ccc(Cl)cc2)cn1. The van der Waals surface area contributed by atoms with Crippen LogP contribution in [0.15, 0.2) is 60.8 Å². The number of aryl methyl sites for hydroxylation is 2. The van der Waals surface area contributed by atoms with Gasteiger partial charge in [-0.25, -0.2) is 4.98 Å². The van der Waals surface area contributed by atoms with Crippen LogP contribution >= 0.6 is 11.6 Å². The number of rotatable bonds is 5. The van der Waals surface area contributed by atoms with Crippen LogP contribution in [-0.2, 0) is 6.54 Å². The van der Waals surface area contributed by atoms with Crippen LogP contribution in [0.5, 0.6) is 0 Å². The molecule has 132 valence electrons. The van der Waals surface area contributed by atoms with Crippen LogP contribution in [0.2, 0.25) is 5.02 Å². The van der Waals surface area contributed by atoms with Gasteiger partial charge in [0.15, 0.2) is 0 Å². The van der Waals surface area contributed by atoms with Crippen molar-refractivity contribution in [1.29, 1.82) is 0 Å². The maximum Gasteiger partial charge on any atom is 0.274 e. The fourth-order valence-corrected chi connectivity index (χ4v) is 2.75. The van der Waals surface area contributed by atoms with Crippen molar-refractivity contribution in [3.05, 3.63) is 88.2 Å². The predicted molar refractivity (Wildman–Crippen MR) is 107 cm³/mol. The Morgan fingerprint density at radius 2 is 1.69 bits per heavy atom. The smallest absolute Gasteiger partial charge is 0.274 e. The second-order valence-electron chi connectivity index (χ2n) is 6.13. The summed E-state index contributed by atoms with van der Waals surface area (Å²) in [7, 11) is 0. The number of para-hydroxylation sites is 1. The lowest BCUT2D eigenvalue weighted by molar-refractivity contribution is 0.102. The minimum Gasteiger partial charge on any atom is -0.380 e. The van der Waals surface area contributed by atoms with E-state index in [0.717, 1.165) is 33.1 Å². The van der Waals surface area contributed by atoms with E-state index in [9.17, 15) is 4.79 Å². The summed E-state index contributed by atoms with van der Waals surface area (Å²) in [6.07, 6.45) is 1.66. The third-order valence-corrected chi connectivity index (χ3v) is 4.38. The number of aromatic nitrogens is 1. The van der Waals surface area contributed by atoms with Crippen molar-refractivity contribution >= 4 is 28.9 Å². The minimum absolute atomic E-state index is 0.216. The van der Waals surface area contributed by atoms with E-state index in [2.05, 4.69) is 15.6 Å². The van der Waals surface area contributed by atoms with Gasteiger partial charge in [-0.3, -0.25) is 4.79 Å².